The normalized spacial score (nSPS) is 10.4. The molecule has 0 saturated heterocycles. The zero-order valence-corrected chi connectivity index (χ0v) is 13.1. The van der Waals surface area contributed by atoms with Gasteiger partial charge in [-0.2, -0.15) is 0 Å². The maximum Gasteiger partial charge on any atom is 0.139 e. The van der Waals surface area contributed by atoms with Crippen LogP contribution in [0.1, 0.15) is 38.3 Å². The summed E-state index contributed by atoms with van der Waals surface area (Å²) in [4.78, 5) is 8.76. The van der Waals surface area contributed by atoms with Gasteiger partial charge in [0, 0.05) is 17.8 Å². The molecule has 2 aromatic rings. The van der Waals surface area contributed by atoms with E-state index >= 15 is 0 Å². The summed E-state index contributed by atoms with van der Waals surface area (Å²) in [6, 6.07) is 8.42. The van der Waals surface area contributed by atoms with E-state index in [0.29, 0.717) is 0 Å². The van der Waals surface area contributed by atoms with Crippen molar-refractivity contribution in [3.05, 3.63) is 41.7 Å². The van der Waals surface area contributed by atoms with E-state index in [1.807, 2.05) is 0 Å². The number of aromatic nitrogens is 2. The van der Waals surface area contributed by atoms with Gasteiger partial charge in [-0.3, -0.25) is 0 Å². The summed E-state index contributed by atoms with van der Waals surface area (Å²) >= 11 is 0. The van der Waals surface area contributed by atoms with Crippen LogP contribution in [0.2, 0.25) is 0 Å². The van der Waals surface area contributed by atoms with E-state index in [0.717, 1.165) is 48.7 Å². The van der Waals surface area contributed by atoms with Gasteiger partial charge in [0.1, 0.15) is 18.0 Å². The van der Waals surface area contributed by atoms with Crippen molar-refractivity contribution in [3.63, 3.8) is 0 Å². The molecule has 0 aliphatic heterocycles. The molecule has 4 nitrogen and oxygen atoms in total. The van der Waals surface area contributed by atoms with Crippen LogP contribution in [0.25, 0.3) is 0 Å². The predicted octanol–water partition coefficient (Wildman–Crippen LogP) is 4.17. The third-order valence-electron chi connectivity index (χ3n) is 3.43. The first-order chi connectivity index (χ1) is 10.3. The first-order valence-corrected chi connectivity index (χ1v) is 7.72. The van der Waals surface area contributed by atoms with E-state index in [1.54, 1.807) is 6.33 Å². The second-order valence-electron chi connectivity index (χ2n) is 4.97. The third kappa shape index (κ3) is 3.72. The van der Waals surface area contributed by atoms with E-state index < -0.39 is 0 Å². The van der Waals surface area contributed by atoms with Crippen LogP contribution in [0.3, 0.4) is 0 Å². The Morgan fingerprint density at radius 2 is 1.76 bits per heavy atom. The Kier molecular flexibility index (Phi) is 5.55. The van der Waals surface area contributed by atoms with Crippen LogP contribution in [0, 0.1) is 0 Å². The lowest BCUT2D eigenvalue weighted by Gasteiger charge is -2.15. The van der Waals surface area contributed by atoms with Crippen LogP contribution in [0.4, 0.5) is 17.3 Å². The van der Waals surface area contributed by atoms with Crippen LogP contribution in [-0.2, 0) is 12.8 Å². The molecule has 1 heterocycles. The molecule has 2 N–H and O–H groups in total. The highest BCUT2D eigenvalue weighted by atomic mass is 15.1. The van der Waals surface area contributed by atoms with Gasteiger partial charge in [-0.15, -0.1) is 0 Å². The van der Waals surface area contributed by atoms with E-state index in [2.05, 4.69) is 65.6 Å². The quantitative estimate of drug-likeness (QED) is 0.801. The molecule has 0 bridgehead atoms. The number of anilines is 3. The zero-order valence-electron chi connectivity index (χ0n) is 13.1. The molecule has 0 amide bonds. The van der Waals surface area contributed by atoms with Gasteiger partial charge in [0.25, 0.3) is 0 Å². The summed E-state index contributed by atoms with van der Waals surface area (Å²) in [6.45, 7) is 7.26. The Balaban J connectivity index is 2.33. The summed E-state index contributed by atoms with van der Waals surface area (Å²) in [5.41, 5.74) is 3.59. The number of aryl methyl sites for hydroxylation is 1. The number of nitrogens with one attached hydrogen (secondary N) is 2. The molecule has 2 rings (SSSR count). The fourth-order valence-electron chi connectivity index (χ4n) is 2.43. The monoisotopic (exact) mass is 284 g/mol. The molecule has 0 aliphatic carbocycles. The van der Waals surface area contributed by atoms with Gasteiger partial charge < -0.3 is 10.6 Å². The van der Waals surface area contributed by atoms with Crippen molar-refractivity contribution in [2.75, 3.05) is 17.2 Å². The van der Waals surface area contributed by atoms with E-state index in [1.165, 1.54) is 5.56 Å². The molecule has 1 aromatic carbocycles. The first-order valence-electron chi connectivity index (χ1n) is 7.72. The van der Waals surface area contributed by atoms with E-state index in [4.69, 9.17) is 0 Å². The Labute approximate surface area is 127 Å². The van der Waals surface area contributed by atoms with Gasteiger partial charge >= 0.3 is 0 Å². The van der Waals surface area contributed by atoms with Crippen molar-refractivity contribution in [2.45, 2.75) is 40.0 Å². The highest BCUT2D eigenvalue weighted by Crippen LogP contribution is 2.26. The molecule has 21 heavy (non-hydrogen) atoms. The lowest BCUT2D eigenvalue weighted by molar-refractivity contribution is 0.922. The van der Waals surface area contributed by atoms with Crippen LogP contribution in [0.15, 0.2) is 30.6 Å². The van der Waals surface area contributed by atoms with E-state index in [-0.39, 0.29) is 0 Å². The Hall–Kier alpha value is -2.10. The molecule has 0 aliphatic rings. The molecular weight excluding hydrogens is 260 g/mol. The van der Waals surface area contributed by atoms with Crippen LogP contribution in [-0.4, -0.2) is 16.5 Å². The smallest absolute Gasteiger partial charge is 0.139 e. The topological polar surface area (TPSA) is 49.8 Å². The van der Waals surface area contributed by atoms with Gasteiger partial charge in [-0.1, -0.05) is 38.5 Å². The van der Waals surface area contributed by atoms with Gasteiger partial charge in [0.2, 0.25) is 0 Å². The molecule has 0 atom stereocenters. The second-order valence-corrected chi connectivity index (χ2v) is 4.97. The number of para-hydroxylation sites is 1. The summed E-state index contributed by atoms with van der Waals surface area (Å²) < 4.78 is 0. The molecule has 0 saturated carbocycles. The molecule has 0 fully saturated rings. The summed E-state index contributed by atoms with van der Waals surface area (Å²) in [7, 11) is 0. The SMILES string of the molecule is CCCc1ccccc1Nc1ncnc(NCC)c1CC. The van der Waals surface area contributed by atoms with Crippen molar-refractivity contribution in [3.8, 4) is 0 Å². The van der Waals surface area contributed by atoms with E-state index in [9.17, 15) is 0 Å². The number of nitrogens with zero attached hydrogens (tertiary/aromatic N) is 2. The predicted molar refractivity (Wildman–Crippen MR) is 89.3 cm³/mol. The maximum atomic E-state index is 4.43. The van der Waals surface area contributed by atoms with Crippen LogP contribution >= 0.6 is 0 Å². The third-order valence-corrected chi connectivity index (χ3v) is 3.43. The summed E-state index contributed by atoms with van der Waals surface area (Å²) in [5.74, 6) is 1.82. The Morgan fingerprint density at radius 3 is 2.48 bits per heavy atom. The highest BCUT2D eigenvalue weighted by Gasteiger charge is 2.10. The minimum absolute atomic E-state index is 0.857. The lowest BCUT2D eigenvalue weighted by Crippen LogP contribution is -2.08. The average Bonchev–Trinajstić information content (AvgIpc) is 2.50. The summed E-state index contributed by atoms with van der Waals surface area (Å²) in [6.07, 6.45) is 4.70. The number of benzene rings is 1. The number of rotatable bonds is 7. The largest absolute Gasteiger partial charge is 0.370 e. The molecule has 0 radical (unpaired) electrons. The lowest BCUT2D eigenvalue weighted by atomic mass is 10.1. The van der Waals surface area contributed by atoms with Gasteiger partial charge in [0.15, 0.2) is 0 Å². The van der Waals surface area contributed by atoms with Gasteiger partial charge in [0.05, 0.1) is 0 Å². The minimum atomic E-state index is 0.857. The van der Waals surface area contributed by atoms with Crippen LogP contribution < -0.4 is 10.6 Å². The average molecular weight is 284 g/mol. The van der Waals surface area contributed by atoms with Crippen molar-refractivity contribution in [2.24, 2.45) is 0 Å². The Bertz CT molecular complexity index is 581. The number of hydrogen-bond donors (Lipinski definition) is 2. The van der Waals surface area contributed by atoms with Gasteiger partial charge in [-0.25, -0.2) is 9.97 Å². The molecule has 112 valence electrons. The zero-order chi connectivity index (χ0) is 15.1. The fourth-order valence-corrected chi connectivity index (χ4v) is 2.43. The minimum Gasteiger partial charge on any atom is -0.370 e. The Morgan fingerprint density at radius 1 is 1.00 bits per heavy atom. The fraction of sp³-hybridized carbons (Fsp3) is 0.412. The standard InChI is InChI=1S/C17H24N4/c1-4-9-13-10-7-8-11-15(13)21-17-14(5-2)16(18-6-3)19-12-20-17/h7-8,10-12H,4-6,9H2,1-3H3,(H2,18,19,20,21). The van der Waals surface area contributed by atoms with Crippen molar-refractivity contribution in [1.82, 2.24) is 9.97 Å². The summed E-state index contributed by atoms with van der Waals surface area (Å²) in [5, 5.41) is 6.79. The van der Waals surface area contributed by atoms with Crippen molar-refractivity contribution < 1.29 is 0 Å². The number of hydrogen-bond acceptors (Lipinski definition) is 4. The maximum absolute atomic E-state index is 4.43. The molecule has 0 spiro atoms. The highest BCUT2D eigenvalue weighted by molar-refractivity contribution is 5.67. The van der Waals surface area contributed by atoms with Crippen LogP contribution in [0.5, 0.6) is 0 Å². The molecule has 0 unspecified atom stereocenters. The van der Waals surface area contributed by atoms with Gasteiger partial charge in [-0.05, 0) is 31.4 Å². The second kappa shape index (κ2) is 7.62. The van der Waals surface area contributed by atoms with Crippen molar-refractivity contribution >= 4 is 17.3 Å². The molecule has 4 heteroatoms. The molecule has 1 aromatic heterocycles. The molecular formula is C17H24N4. The van der Waals surface area contributed by atoms with Crippen molar-refractivity contribution in [1.29, 1.82) is 0 Å². The first kappa shape index (κ1) is 15.3.